The first kappa shape index (κ1) is 10.5. The molecule has 1 rings (SSSR count). The van der Waals surface area contributed by atoms with Crippen LogP contribution in [-0.2, 0) is 9.53 Å². The highest BCUT2D eigenvalue weighted by Crippen LogP contribution is 2.07. The van der Waals surface area contributed by atoms with Crippen LogP contribution in [0.4, 0.5) is 0 Å². The Bertz CT molecular complexity index is 173. The second-order valence-electron chi connectivity index (χ2n) is 3.40. The van der Waals surface area contributed by atoms with Crippen LogP contribution in [0.25, 0.3) is 0 Å². The summed E-state index contributed by atoms with van der Waals surface area (Å²) < 4.78 is 4.83. The second-order valence-corrected chi connectivity index (χ2v) is 3.40. The standard InChI is InChI=1S/C9H18N2O2/c1-2-13-9(12)4-6-11-5-3-8(10)7-11/h8H,2-7,10H2,1H3. The van der Waals surface area contributed by atoms with Gasteiger partial charge in [0.05, 0.1) is 13.0 Å². The molecule has 0 saturated carbocycles. The lowest BCUT2D eigenvalue weighted by Gasteiger charge is -2.13. The molecule has 0 aromatic rings. The third kappa shape index (κ3) is 3.74. The van der Waals surface area contributed by atoms with Gasteiger partial charge in [0.2, 0.25) is 0 Å². The zero-order valence-electron chi connectivity index (χ0n) is 8.16. The maximum atomic E-state index is 11.0. The molecule has 13 heavy (non-hydrogen) atoms. The summed E-state index contributed by atoms with van der Waals surface area (Å²) >= 11 is 0. The van der Waals surface area contributed by atoms with Crippen molar-refractivity contribution in [1.82, 2.24) is 4.90 Å². The van der Waals surface area contributed by atoms with Crippen LogP contribution in [-0.4, -0.2) is 43.2 Å². The van der Waals surface area contributed by atoms with Crippen LogP contribution in [0.3, 0.4) is 0 Å². The lowest BCUT2D eigenvalue weighted by Crippen LogP contribution is -2.28. The zero-order valence-corrected chi connectivity index (χ0v) is 8.16. The summed E-state index contributed by atoms with van der Waals surface area (Å²) in [6.45, 7) is 5.01. The van der Waals surface area contributed by atoms with Gasteiger partial charge in [0.15, 0.2) is 0 Å². The summed E-state index contributed by atoms with van der Waals surface area (Å²) in [5.74, 6) is -0.108. The average molecular weight is 186 g/mol. The summed E-state index contributed by atoms with van der Waals surface area (Å²) in [6, 6.07) is 0.294. The first-order valence-electron chi connectivity index (χ1n) is 4.86. The van der Waals surface area contributed by atoms with E-state index in [1.165, 1.54) is 0 Å². The van der Waals surface area contributed by atoms with E-state index >= 15 is 0 Å². The van der Waals surface area contributed by atoms with E-state index in [-0.39, 0.29) is 5.97 Å². The van der Waals surface area contributed by atoms with Crippen molar-refractivity contribution in [1.29, 1.82) is 0 Å². The van der Waals surface area contributed by atoms with Gasteiger partial charge in [-0.2, -0.15) is 0 Å². The summed E-state index contributed by atoms with van der Waals surface area (Å²) in [7, 11) is 0. The molecule has 0 aliphatic carbocycles. The van der Waals surface area contributed by atoms with Gasteiger partial charge in [0.1, 0.15) is 0 Å². The number of hydrogen-bond donors (Lipinski definition) is 1. The molecule has 4 nitrogen and oxygen atoms in total. The summed E-state index contributed by atoms with van der Waals surface area (Å²) in [4.78, 5) is 13.2. The van der Waals surface area contributed by atoms with E-state index in [2.05, 4.69) is 4.90 Å². The Kier molecular flexibility index (Phi) is 4.18. The number of nitrogens with two attached hydrogens (primary N) is 1. The van der Waals surface area contributed by atoms with Crippen LogP contribution in [0, 0.1) is 0 Å². The van der Waals surface area contributed by atoms with Crippen LogP contribution in [0.15, 0.2) is 0 Å². The minimum atomic E-state index is -0.108. The highest BCUT2D eigenvalue weighted by molar-refractivity contribution is 5.69. The molecular weight excluding hydrogens is 168 g/mol. The van der Waals surface area contributed by atoms with Crippen molar-refractivity contribution in [3.8, 4) is 0 Å². The fourth-order valence-corrected chi connectivity index (χ4v) is 1.55. The molecule has 0 aromatic carbocycles. The molecular formula is C9H18N2O2. The third-order valence-corrected chi connectivity index (χ3v) is 2.25. The van der Waals surface area contributed by atoms with Gasteiger partial charge >= 0.3 is 5.97 Å². The first-order chi connectivity index (χ1) is 6.22. The normalized spacial score (nSPS) is 23.4. The van der Waals surface area contributed by atoms with E-state index in [0.717, 1.165) is 26.1 Å². The number of esters is 1. The van der Waals surface area contributed by atoms with Gasteiger partial charge in [-0.3, -0.25) is 4.79 Å². The molecule has 1 aliphatic rings. The number of carbonyl (C=O) groups is 1. The minimum Gasteiger partial charge on any atom is -0.466 e. The largest absolute Gasteiger partial charge is 0.466 e. The summed E-state index contributed by atoms with van der Waals surface area (Å²) in [6.07, 6.45) is 1.53. The zero-order chi connectivity index (χ0) is 9.68. The van der Waals surface area contributed by atoms with E-state index in [9.17, 15) is 4.79 Å². The van der Waals surface area contributed by atoms with Gasteiger partial charge in [-0.1, -0.05) is 0 Å². The molecule has 1 saturated heterocycles. The minimum absolute atomic E-state index is 0.108. The molecule has 76 valence electrons. The molecule has 2 N–H and O–H groups in total. The SMILES string of the molecule is CCOC(=O)CCN1CCC(N)C1. The number of carbonyl (C=O) groups excluding carboxylic acids is 1. The van der Waals surface area contributed by atoms with Crippen molar-refractivity contribution in [3.63, 3.8) is 0 Å². The predicted octanol–water partition coefficient (Wildman–Crippen LogP) is -0.0274. The smallest absolute Gasteiger partial charge is 0.307 e. The maximum absolute atomic E-state index is 11.0. The lowest BCUT2D eigenvalue weighted by molar-refractivity contribution is -0.143. The van der Waals surface area contributed by atoms with Crippen molar-refractivity contribution < 1.29 is 9.53 Å². The number of likely N-dealkylation sites (tertiary alicyclic amines) is 1. The Balaban J connectivity index is 2.09. The fourth-order valence-electron chi connectivity index (χ4n) is 1.55. The number of hydrogen-bond acceptors (Lipinski definition) is 4. The van der Waals surface area contributed by atoms with E-state index in [0.29, 0.717) is 19.1 Å². The Morgan fingerprint density at radius 3 is 3.00 bits per heavy atom. The number of rotatable bonds is 4. The fraction of sp³-hybridized carbons (Fsp3) is 0.889. The van der Waals surface area contributed by atoms with Crippen LogP contribution in [0.5, 0.6) is 0 Å². The molecule has 0 spiro atoms. The second kappa shape index (κ2) is 5.19. The van der Waals surface area contributed by atoms with Gasteiger partial charge in [-0.15, -0.1) is 0 Å². The molecule has 1 unspecified atom stereocenters. The molecule has 4 heteroatoms. The number of ether oxygens (including phenoxy) is 1. The Labute approximate surface area is 79.0 Å². The Morgan fingerprint density at radius 2 is 2.46 bits per heavy atom. The number of nitrogens with zero attached hydrogens (tertiary/aromatic N) is 1. The molecule has 1 heterocycles. The van der Waals surface area contributed by atoms with Crippen molar-refractivity contribution in [2.24, 2.45) is 5.73 Å². The Morgan fingerprint density at radius 1 is 1.69 bits per heavy atom. The maximum Gasteiger partial charge on any atom is 0.307 e. The van der Waals surface area contributed by atoms with E-state index < -0.39 is 0 Å². The first-order valence-corrected chi connectivity index (χ1v) is 4.86. The summed E-state index contributed by atoms with van der Waals surface area (Å²) in [5.41, 5.74) is 5.73. The van der Waals surface area contributed by atoms with Gasteiger partial charge < -0.3 is 15.4 Å². The van der Waals surface area contributed by atoms with Crippen molar-refractivity contribution >= 4 is 5.97 Å². The van der Waals surface area contributed by atoms with Crippen molar-refractivity contribution in [2.75, 3.05) is 26.2 Å². The van der Waals surface area contributed by atoms with Gasteiger partial charge in [-0.05, 0) is 19.9 Å². The average Bonchev–Trinajstić information content (AvgIpc) is 2.49. The highest BCUT2D eigenvalue weighted by atomic mass is 16.5. The van der Waals surface area contributed by atoms with Gasteiger partial charge in [-0.25, -0.2) is 0 Å². The topological polar surface area (TPSA) is 55.6 Å². The highest BCUT2D eigenvalue weighted by Gasteiger charge is 2.19. The van der Waals surface area contributed by atoms with Crippen LogP contribution in [0.2, 0.25) is 0 Å². The predicted molar refractivity (Wildman–Crippen MR) is 50.3 cm³/mol. The molecule has 0 radical (unpaired) electrons. The molecule has 1 aliphatic heterocycles. The molecule has 1 fully saturated rings. The summed E-state index contributed by atoms with van der Waals surface area (Å²) in [5, 5.41) is 0. The Hall–Kier alpha value is -0.610. The van der Waals surface area contributed by atoms with E-state index in [1.807, 2.05) is 6.92 Å². The van der Waals surface area contributed by atoms with Crippen LogP contribution in [0.1, 0.15) is 19.8 Å². The quantitative estimate of drug-likeness (QED) is 0.627. The molecule has 0 amide bonds. The molecule has 0 aromatic heterocycles. The monoisotopic (exact) mass is 186 g/mol. The molecule has 1 atom stereocenters. The third-order valence-electron chi connectivity index (χ3n) is 2.25. The lowest BCUT2D eigenvalue weighted by atomic mass is 10.3. The van der Waals surface area contributed by atoms with E-state index in [4.69, 9.17) is 10.5 Å². The van der Waals surface area contributed by atoms with Crippen molar-refractivity contribution in [3.05, 3.63) is 0 Å². The van der Waals surface area contributed by atoms with E-state index in [1.54, 1.807) is 0 Å². The van der Waals surface area contributed by atoms with Gasteiger partial charge in [0, 0.05) is 19.1 Å². The van der Waals surface area contributed by atoms with Gasteiger partial charge in [0.25, 0.3) is 0 Å². The molecule has 0 bridgehead atoms. The van der Waals surface area contributed by atoms with Crippen molar-refractivity contribution in [2.45, 2.75) is 25.8 Å². The van der Waals surface area contributed by atoms with Crippen LogP contribution >= 0.6 is 0 Å². The van der Waals surface area contributed by atoms with Crippen LogP contribution < -0.4 is 5.73 Å².